The van der Waals surface area contributed by atoms with Gasteiger partial charge in [0.15, 0.2) is 0 Å². The van der Waals surface area contributed by atoms with Crippen molar-refractivity contribution in [2.24, 2.45) is 4.99 Å². The smallest absolute Gasteiger partial charge is 0.128 e. The summed E-state index contributed by atoms with van der Waals surface area (Å²) in [6, 6.07) is 21.4. The number of benzene rings is 3. The van der Waals surface area contributed by atoms with Crippen molar-refractivity contribution >= 4 is 11.9 Å². The number of para-hydroxylation sites is 1. The zero-order chi connectivity index (χ0) is 24.5. The van der Waals surface area contributed by atoms with Crippen molar-refractivity contribution in [1.82, 2.24) is 0 Å². The van der Waals surface area contributed by atoms with Gasteiger partial charge in [-0.1, -0.05) is 102 Å². The van der Waals surface area contributed by atoms with Gasteiger partial charge < -0.3 is 5.11 Å². The SMILES string of the molecule is Cc1cccc(C2CCCC2)c1N=Cc1cc(C(C)(C)c2ccccc2)cc(C(C)(C)C)c1O. The number of hydrogen-bond donors (Lipinski definition) is 1. The van der Waals surface area contributed by atoms with Crippen LogP contribution in [-0.4, -0.2) is 11.3 Å². The van der Waals surface area contributed by atoms with Crippen molar-refractivity contribution in [3.63, 3.8) is 0 Å². The van der Waals surface area contributed by atoms with Crippen LogP contribution in [0.4, 0.5) is 5.69 Å². The zero-order valence-corrected chi connectivity index (χ0v) is 21.7. The Morgan fingerprint density at radius 2 is 1.53 bits per heavy atom. The summed E-state index contributed by atoms with van der Waals surface area (Å²) in [4.78, 5) is 5.02. The molecule has 1 fully saturated rings. The van der Waals surface area contributed by atoms with Gasteiger partial charge in [0.2, 0.25) is 0 Å². The lowest BCUT2D eigenvalue weighted by Crippen LogP contribution is -2.21. The highest BCUT2D eigenvalue weighted by Gasteiger charge is 2.28. The fraction of sp³-hybridized carbons (Fsp3) is 0.406. The Kier molecular flexibility index (Phi) is 6.71. The minimum absolute atomic E-state index is 0.187. The van der Waals surface area contributed by atoms with Gasteiger partial charge in [-0.25, -0.2) is 0 Å². The third-order valence-electron chi connectivity index (χ3n) is 7.56. The standard InChI is InChI=1S/C32H39NO/c1-22-13-12-18-27(23-14-10-11-15-23)29(22)33-21-24-19-26(20-28(30(24)34)31(2,3)4)32(5,6)25-16-8-7-9-17-25/h7-9,12-13,16-21,23,34H,10-11,14-15H2,1-6H3. The van der Waals surface area contributed by atoms with Crippen molar-refractivity contribution in [1.29, 1.82) is 0 Å². The number of nitrogens with zero attached hydrogens (tertiary/aromatic N) is 1. The van der Waals surface area contributed by atoms with Gasteiger partial charge in [0.1, 0.15) is 5.75 Å². The third kappa shape index (κ3) is 4.82. The fourth-order valence-corrected chi connectivity index (χ4v) is 5.27. The third-order valence-corrected chi connectivity index (χ3v) is 7.56. The van der Waals surface area contributed by atoms with Gasteiger partial charge in [-0.05, 0) is 59.4 Å². The predicted molar refractivity (Wildman–Crippen MR) is 145 cm³/mol. The Bertz CT molecular complexity index is 1180. The molecule has 0 spiro atoms. The number of aromatic hydroxyl groups is 1. The molecule has 4 rings (SSSR count). The molecule has 0 bridgehead atoms. The van der Waals surface area contributed by atoms with E-state index in [1.54, 1.807) is 0 Å². The van der Waals surface area contributed by atoms with E-state index in [-0.39, 0.29) is 10.8 Å². The first-order valence-corrected chi connectivity index (χ1v) is 12.7. The average Bonchev–Trinajstić information content (AvgIpc) is 3.33. The Hall–Kier alpha value is -2.87. The van der Waals surface area contributed by atoms with E-state index >= 15 is 0 Å². The molecule has 0 amide bonds. The van der Waals surface area contributed by atoms with Crippen LogP contribution in [0.3, 0.4) is 0 Å². The molecule has 0 heterocycles. The number of rotatable bonds is 5. The molecule has 2 heteroatoms. The topological polar surface area (TPSA) is 32.6 Å². The molecule has 0 radical (unpaired) electrons. The molecule has 1 N–H and O–H groups in total. The molecule has 0 atom stereocenters. The summed E-state index contributed by atoms with van der Waals surface area (Å²) in [7, 11) is 0. The van der Waals surface area contributed by atoms with Gasteiger partial charge in [-0.3, -0.25) is 4.99 Å². The maximum absolute atomic E-state index is 11.3. The Morgan fingerprint density at radius 1 is 0.853 bits per heavy atom. The Morgan fingerprint density at radius 3 is 2.18 bits per heavy atom. The van der Waals surface area contributed by atoms with E-state index in [0.29, 0.717) is 11.7 Å². The lowest BCUT2D eigenvalue weighted by molar-refractivity contribution is 0.444. The summed E-state index contributed by atoms with van der Waals surface area (Å²) in [5.74, 6) is 0.925. The van der Waals surface area contributed by atoms with Crippen LogP contribution >= 0.6 is 0 Å². The molecule has 34 heavy (non-hydrogen) atoms. The summed E-state index contributed by atoms with van der Waals surface area (Å²) >= 11 is 0. The molecule has 178 valence electrons. The number of hydrogen-bond acceptors (Lipinski definition) is 2. The first-order valence-electron chi connectivity index (χ1n) is 12.7. The second-order valence-corrected chi connectivity index (χ2v) is 11.5. The normalized spacial score (nSPS) is 15.4. The highest BCUT2D eigenvalue weighted by Crippen LogP contribution is 2.42. The minimum atomic E-state index is -0.199. The molecule has 3 aromatic carbocycles. The van der Waals surface area contributed by atoms with Crippen molar-refractivity contribution in [2.45, 2.75) is 84.0 Å². The van der Waals surface area contributed by atoms with Crippen molar-refractivity contribution in [3.8, 4) is 5.75 Å². The first-order chi connectivity index (χ1) is 16.1. The summed E-state index contributed by atoms with van der Waals surface area (Å²) in [5, 5.41) is 11.3. The van der Waals surface area contributed by atoms with E-state index < -0.39 is 0 Å². The summed E-state index contributed by atoms with van der Waals surface area (Å²) in [6.07, 6.45) is 6.97. The first kappa shape index (κ1) is 24.3. The lowest BCUT2D eigenvalue weighted by atomic mass is 9.74. The van der Waals surface area contributed by atoms with Gasteiger partial charge in [0.25, 0.3) is 0 Å². The predicted octanol–water partition coefficient (Wildman–Crippen LogP) is 8.73. The molecule has 0 unspecified atom stereocenters. The molecule has 2 nitrogen and oxygen atoms in total. The van der Waals surface area contributed by atoms with Crippen LogP contribution in [0.2, 0.25) is 0 Å². The largest absolute Gasteiger partial charge is 0.507 e. The number of phenolic OH excluding ortho intramolecular Hbond substituents is 1. The second kappa shape index (κ2) is 9.41. The summed E-state index contributed by atoms with van der Waals surface area (Å²) in [6.45, 7) is 13.1. The van der Waals surface area contributed by atoms with Crippen LogP contribution < -0.4 is 0 Å². The highest BCUT2D eigenvalue weighted by molar-refractivity contribution is 5.87. The van der Waals surface area contributed by atoms with Crippen LogP contribution in [-0.2, 0) is 10.8 Å². The maximum Gasteiger partial charge on any atom is 0.128 e. The minimum Gasteiger partial charge on any atom is -0.507 e. The van der Waals surface area contributed by atoms with Crippen LogP contribution in [0, 0.1) is 6.92 Å². The molecule has 1 aliphatic rings. The van der Waals surface area contributed by atoms with Crippen LogP contribution in [0.5, 0.6) is 5.75 Å². The van der Waals surface area contributed by atoms with Crippen LogP contribution in [0.25, 0.3) is 0 Å². The molecule has 1 aliphatic carbocycles. The van der Waals surface area contributed by atoms with E-state index in [2.05, 4.69) is 102 Å². The van der Waals surface area contributed by atoms with Crippen LogP contribution in [0.15, 0.2) is 65.7 Å². The summed E-state index contributed by atoms with van der Waals surface area (Å²) < 4.78 is 0. The molecule has 3 aromatic rings. The molecule has 0 aromatic heterocycles. The molecule has 0 saturated heterocycles. The maximum atomic E-state index is 11.3. The molecular weight excluding hydrogens is 414 g/mol. The number of phenols is 1. The highest BCUT2D eigenvalue weighted by atomic mass is 16.3. The number of aliphatic imine (C=N–C) groups is 1. The van der Waals surface area contributed by atoms with E-state index in [0.717, 1.165) is 16.8 Å². The van der Waals surface area contributed by atoms with Gasteiger partial charge in [-0.15, -0.1) is 0 Å². The molecule has 0 aliphatic heterocycles. The average molecular weight is 454 g/mol. The van der Waals surface area contributed by atoms with E-state index in [1.807, 2.05) is 6.21 Å². The lowest BCUT2D eigenvalue weighted by Gasteiger charge is -2.30. The van der Waals surface area contributed by atoms with Crippen molar-refractivity contribution in [3.05, 3.63) is 94.0 Å². The van der Waals surface area contributed by atoms with Crippen molar-refractivity contribution < 1.29 is 5.11 Å². The summed E-state index contributed by atoms with van der Waals surface area (Å²) in [5.41, 5.74) is 7.40. The monoisotopic (exact) mass is 453 g/mol. The van der Waals surface area contributed by atoms with E-state index in [9.17, 15) is 5.11 Å². The Balaban J connectivity index is 1.83. The molecular formula is C32H39NO. The van der Waals surface area contributed by atoms with Gasteiger partial charge in [0.05, 0.1) is 5.69 Å². The van der Waals surface area contributed by atoms with Gasteiger partial charge in [0, 0.05) is 22.8 Å². The second-order valence-electron chi connectivity index (χ2n) is 11.5. The zero-order valence-electron chi connectivity index (χ0n) is 21.7. The van der Waals surface area contributed by atoms with Crippen LogP contribution in [0.1, 0.15) is 99.6 Å². The van der Waals surface area contributed by atoms with E-state index in [4.69, 9.17) is 4.99 Å². The van der Waals surface area contributed by atoms with Gasteiger partial charge in [-0.2, -0.15) is 0 Å². The Labute approximate surface area is 205 Å². The fourth-order valence-electron chi connectivity index (χ4n) is 5.27. The van der Waals surface area contributed by atoms with Gasteiger partial charge >= 0.3 is 0 Å². The molecule has 1 saturated carbocycles. The van der Waals surface area contributed by atoms with E-state index in [1.165, 1.54) is 47.9 Å². The van der Waals surface area contributed by atoms with Crippen molar-refractivity contribution in [2.75, 3.05) is 0 Å². The number of aryl methyl sites for hydroxylation is 1. The quantitative estimate of drug-likeness (QED) is 0.385.